The van der Waals surface area contributed by atoms with Crippen molar-refractivity contribution in [3.63, 3.8) is 0 Å². The number of urea groups is 1. The van der Waals surface area contributed by atoms with Gasteiger partial charge in [-0.15, -0.1) is 0 Å². The second-order valence-electron chi connectivity index (χ2n) is 6.02. The van der Waals surface area contributed by atoms with E-state index in [4.69, 9.17) is 4.74 Å². The number of nitrogens with zero attached hydrogens (tertiary/aromatic N) is 3. The van der Waals surface area contributed by atoms with Gasteiger partial charge in [0.2, 0.25) is 5.88 Å². The van der Waals surface area contributed by atoms with E-state index in [-0.39, 0.29) is 18.8 Å². The molecule has 0 aliphatic carbocycles. The van der Waals surface area contributed by atoms with Crippen LogP contribution in [0.3, 0.4) is 0 Å². The number of alkyl halides is 3. The zero-order valence-electron chi connectivity index (χ0n) is 14.9. The number of sulfone groups is 1. The third-order valence-electron chi connectivity index (χ3n) is 4.13. The van der Waals surface area contributed by atoms with E-state index in [1.807, 2.05) is 0 Å². The number of halogens is 3. The molecule has 1 saturated heterocycles. The van der Waals surface area contributed by atoms with E-state index >= 15 is 0 Å². The Bertz CT molecular complexity index is 1050. The standard InChI is InChI=1S/C17H14F3N3O5S/c1-28-14-8-11(6-7-21-14)9-22-10-15(24)23(16(22)25)12-2-4-13(5-3-12)29(26,27)17(18,19)20/h2-8H,9-10H2,1H3. The Balaban J connectivity index is 1.81. The van der Waals surface area contributed by atoms with Crippen LogP contribution in [-0.4, -0.2) is 49.4 Å². The monoisotopic (exact) mass is 429 g/mol. The molecule has 3 rings (SSSR count). The molecule has 1 aliphatic rings. The maximum Gasteiger partial charge on any atom is 0.501 e. The van der Waals surface area contributed by atoms with E-state index in [2.05, 4.69) is 4.98 Å². The van der Waals surface area contributed by atoms with Gasteiger partial charge in [-0.05, 0) is 35.9 Å². The summed E-state index contributed by atoms with van der Waals surface area (Å²) < 4.78 is 65.7. The second-order valence-corrected chi connectivity index (χ2v) is 7.96. The molecule has 1 aromatic heterocycles. The molecule has 154 valence electrons. The van der Waals surface area contributed by atoms with E-state index in [1.165, 1.54) is 18.2 Å². The zero-order valence-corrected chi connectivity index (χ0v) is 15.7. The fourth-order valence-corrected chi connectivity index (χ4v) is 3.48. The summed E-state index contributed by atoms with van der Waals surface area (Å²) in [4.78, 5) is 29.9. The van der Waals surface area contributed by atoms with Gasteiger partial charge >= 0.3 is 11.5 Å². The Morgan fingerprint density at radius 3 is 2.38 bits per heavy atom. The first-order valence-corrected chi connectivity index (χ1v) is 9.55. The minimum Gasteiger partial charge on any atom is -0.481 e. The molecule has 12 heteroatoms. The maximum absolute atomic E-state index is 12.6. The number of methoxy groups -OCH3 is 1. The molecule has 1 aliphatic heterocycles. The normalized spacial score (nSPS) is 15.2. The molecule has 0 N–H and O–H groups in total. The van der Waals surface area contributed by atoms with Crippen LogP contribution >= 0.6 is 0 Å². The molecule has 0 unspecified atom stereocenters. The Hall–Kier alpha value is -3.15. The highest BCUT2D eigenvalue weighted by Gasteiger charge is 2.47. The largest absolute Gasteiger partial charge is 0.501 e. The number of hydrogen-bond donors (Lipinski definition) is 0. The van der Waals surface area contributed by atoms with Gasteiger partial charge < -0.3 is 9.64 Å². The van der Waals surface area contributed by atoms with E-state index in [1.54, 1.807) is 12.1 Å². The summed E-state index contributed by atoms with van der Waals surface area (Å²) in [5.74, 6) is -0.263. The smallest absolute Gasteiger partial charge is 0.481 e. The molecule has 2 heterocycles. The van der Waals surface area contributed by atoms with Gasteiger partial charge in [0.25, 0.3) is 15.7 Å². The Morgan fingerprint density at radius 1 is 1.14 bits per heavy atom. The number of pyridine rings is 1. The molecule has 1 fully saturated rings. The Kier molecular flexibility index (Phi) is 5.22. The fourth-order valence-electron chi connectivity index (χ4n) is 2.72. The van der Waals surface area contributed by atoms with Crippen molar-refractivity contribution in [2.24, 2.45) is 0 Å². The topological polar surface area (TPSA) is 96.9 Å². The van der Waals surface area contributed by atoms with Crippen LogP contribution in [0, 0.1) is 0 Å². The van der Waals surface area contributed by atoms with Crippen LogP contribution in [0.5, 0.6) is 5.88 Å². The lowest BCUT2D eigenvalue weighted by molar-refractivity contribution is -0.116. The molecular weight excluding hydrogens is 415 g/mol. The van der Waals surface area contributed by atoms with Crippen molar-refractivity contribution in [2.75, 3.05) is 18.6 Å². The van der Waals surface area contributed by atoms with Crippen LogP contribution in [0.25, 0.3) is 0 Å². The lowest BCUT2D eigenvalue weighted by Gasteiger charge is -2.17. The number of carbonyl (C=O) groups is 2. The zero-order chi connectivity index (χ0) is 21.4. The highest BCUT2D eigenvalue weighted by Crippen LogP contribution is 2.32. The number of carbonyl (C=O) groups excluding carboxylic acids is 2. The average Bonchev–Trinajstić information content (AvgIpc) is 2.94. The van der Waals surface area contributed by atoms with Crippen LogP contribution in [0.1, 0.15) is 5.56 Å². The predicted octanol–water partition coefficient (Wildman–Crippen LogP) is 2.35. The van der Waals surface area contributed by atoms with E-state index in [9.17, 15) is 31.2 Å². The Morgan fingerprint density at radius 2 is 1.79 bits per heavy atom. The summed E-state index contributed by atoms with van der Waals surface area (Å²) in [6.45, 7) is -0.160. The highest BCUT2D eigenvalue weighted by molar-refractivity contribution is 7.92. The molecule has 0 saturated carbocycles. The van der Waals surface area contributed by atoms with Crippen molar-refractivity contribution in [2.45, 2.75) is 16.9 Å². The minimum absolute atomic E-state index is 0.0315. The van der Waals surface area contributed by atoms with Gasteiger partial charge in [-0.25, -0.2) is 23.1 Å². The number of benzene rings is 1. The third kappa shape index (κ3) is 3.88. The van der Waals surface area contributed by atoms with Crippen LogP contribution in [0.4, 0.5) is 23.7 Å². The summed E-state index contributed by atoms with van der Waals surface area (Å²) in [5, 5.41) is 0. The first-order valence-electron chi connectivity index (χ1n) is 8.07. The van der Waals surface area contributed by atoms with E-state index in [0.717, 1.165) is 17.0 Å². The summed E-state index contributed by atoms with van der Waals surface area (Å²) in [7, 11) is -4.09. The number of ether oxygens (including phenoxy) is 1. The van der Waals surface area contributed by atoms with Crippen molar-refractivity contribution >= 4 is 27.5 Å². The van der Waals surface area contributed by atoms with Crippen LogP contribution < -0.4 is 9.64 Å². The molecule has 0 radical (unpaired) electrons. The molecule has 0 bridgehead atoms. The van der Waals surface area contributed by atoms with Crippen molar-refractivity contribution in [1.82, 2.24) is 9.88 Å². The van der Waals surface area contributed by atoms with E-state index < -0.39 is 32.2 Å². The van der Waals surface area contributed by atoms with Gasteiger partial charge in [0.05, 0.1) is 17.7 Å². The van der Waals surface area contributed by atoms with Gasteiger partial charge in [0.15, 0.2) is 0 Å². The molecule has 0 atom stereocenters. The first-order chi connectivity index (χ1) is 13.5. The highest BCUT2D eigenvalue weighted by atomic mass is 32.2. The van der Waals surface area contributed by atoms with Gasteiger partial charge in [0, 0.05) is 18.8 Å². The summed E-state index contributed by atoms with van der Waals surface area (Å²) in [6.07, 6.45) is 1.48. The Labute approximate surface area is 163 Å². The average molecular weight is 429 g/mol. The lowest BCUT2D eigenvalue weighted by Crippen LogP contribution is -2.32. The summed E-state index contributed by atoms with van der Waals surface area (Å²) in [6, 6.07) is 5.92. The van der Waals surface area contributed by atoms with E-state index in [0.29, 0.717) is 23.6 Å². The van der Waals surface area contributed by atoms with Crippen molar-refractivity contribution in [3.05, 3.63) is 48.2 Å². The van der Waals surface area contributed by atoms with Crippen molar-refractivity contribution < 1.29 is 35.9 Å². The number of imide groups is 1. The van der Waals surface area contributed by atoms with Gasteiger partial charge in [0.1, 0.15) is 6.54 Å². The molecule has 2 aromatic rings. The third-order valence-corrected chi connectivity index (χ3v) is 5.63. The van der Waals surface area contributed by atoms with Crippen LogP contribution in [0.15, 0.2) is 47.5 Å². The van der Waals surface area contributed by atoms with Crippen LogP contribution in [0.2, 0.25) is 0 Å². The van der Waals surface area contributed by atoms with Gasteiger partial charge in [-0.3, -0.25) is 4.79 Å². The first kappa shape index (κ1) is 20.6. The van der Waals surface area contributed by atoms with Gasteiger partial charge in [-0.2, -0.15) is 13.2 Å². The molecule has 29 heavy (non-hydrogen) atoms. The SMILES string of the molecule is COc1cc(CN2CC(=O)N(c3ccc(S(=O)(=O)C(F)(F)F)cc3)C2=O)ccn1. The quantitative estimate of drug-likeness (QED) is 0.677. The molecular formula is C17H14F3N3O5S. The number of amides is 3. The summed E-state index contributed by atoms with van der Waals surface area (Å²) in [5.41, 5.74) is -4.82. The number of hydrogen-bond acceptors (Lipinski definition) is 6. The van der Waals surface area contributed by atoms with Crippen LogP contribution in [-0.2, 0) is 21.2 Å². The second kappa shape index (κ2) is 7.35. The molecule has 1 aromatic carbocycles. The number of rotatable bonds is 5. The fraction of sp³-hybridized carbons (Fsp3) is 0.235. The lowest BCUT2D eigenvalue weighted by atomic mass is 10.2. The van der Waals surface area contributed by atoms with Crippen molar-refractivity contribution in [3.8, 4) is 5.88 Å². The number of aromatic nitrogens is 1. The van der Waals surface area contributed by atoms with Gasteiger partial charge in [-0.1, -0.05) is 0 Å². The number of anilines is 1. The van der Waals surface area contributed by atoms with Crippen molar-refractivity contribution in [1.29, 1.82) is 0 Å². The minimum atomic E-state index is -5.52. The summed E-state index contributed by atoms with van der Waals surface area (Å²) >= 11 is 0. The molecule has 8 nitrogen and oxygen atoms in total. The maximum atomic E-state index is 12.6. The molecule has 0 spiro atoms. The molecule has 3 amide bonds. The predicted molar refractivity (Wildman–Crippen MR) is 93.8 cm³/mol.